The van der Waals surface area contributed by atoms with Crippen molar-refractivity contribution in [3.63, 3.8) is 0 Å². The lowest BCUT2D eigenvalue weighted by Gasteiger charge is -2.11. The molecule has 5 nitrogen and oxygen atoms in total. The van der Waals surface area contributed by atoms with Gasteiger partial charge in [0.15, 0.2) is 0 Å². The molecule has 2 rings (SSSR count). The normalized spacial score (nSPS) is 10.0. The predicted molar refractivity (Wildman–Crippen MR) is 83.1 cm³/mol. The maximum Gasteiger partial charge on any atom is 0.257 e. The first kappa shape index (κ1) is 14.7. The van der Waals surface area contributed by atoms with E-state index in [2.05, 4.69) is 5.32 Å². The Balaban J connectivity index is 2.20. The predicted octanol–water partition coefficient (Wildman–Crippen LogP) is 2.85. The number of nitrogens with two attached hydrogens (primary N) is 1. The first-order chi connectivity index (χ1) is 10.0. The zero-order chi connectivity index (χ0) is 15.4. The molecule has 110 valence electrons. The molecular formula is C16H18N2O3. The molecule has 0 heterocycles. The minimum Gasteiger partial charge on any atom is -0.497 e. The van der Waals surface area contributed by atoms with Crippen LogP contribution in [0.3, 0.4) is 0 Å². The van der Waals surface area contributed by atoms with Gasteiger partial charge in [-0.15, -0.1) is 0 Å². The average molecular weight is 286 g/mol. The number of benzene rings is 2. The third kappa shape index (κ3) is 3.25. The number of carbonyl (C=O) groups excluding carboxylic acids is 1. The van der Waals surface area contributed by atoms with Crippen LogP contribution in [0.5, 0.6) is 11.5 Å². The molecule has 0 aromatic heterocycles. The second-order valence-electron chi connectivity index (χ2n) is 4.59. The van der Waals surface area contributed by atoms with Crippen LogP contribution in [-0.4, -0.2) is 20.1 Å². The van der Waals surface area contributed by atoms with E-state index in [1.807, 2.05) is 19.1 Å². The monoisotopic (exact) mass is 286 g/mol. The lowest BCUT2D eigenvalue weighted by atomic mass is 10.1. The highest BCUT2D eigenvalue weighted by molar-refractivity contribution is 6.07. The Morgan fingerprint density at radius 3 is 2.43 bits per heavy atom. The van der Waals surface area contributed by atoms with E-state index in [1.54, 1.807) is 38.5 Å². The number of aryl methyl sites for hydroxylation is 1. The Labute approximate surface area is 123 Å². The summed E-state index contributed by atoms with van der Waals surface area (Å²) in [6.07, 6.45) is 0. The molecule has 2 aromatic rings. The van der Waals surface area contributed by atoms with Crippen molar-refractivity contribution < 1.29 is 14.3 Å². The standard InChI is InChI=1S/C16H18N2O3/c1-10-8-11(4-7-15(10)21-3)18-16(19)13-6-5-12(20-2)9-14(13)17/h4-9H,17H2,1-3H3,(H,18,19). The van der Waals surface area contributed by atoms with Crippen LogP contribution < -0.4 is 20.5 Å². The Hall–Kier alpha value is -2.69. The Morgan fingerprint density at radius 1 is 1.10 bits per heavy atom. The molecule has 0 atom stereocenters. The van der Waals surface area contributed by atoms with Crippen molar-refractivity contribution in [2.75, 3.05) is 25.3 Å². The van der Waals surface area contributed by atoms with Gasteiger partial charge in [0.25, 0.3) is 5.91 Å². The molecule has 0 fully saturated rings. The zero-order valence-electron chi connectivity index (χ0n) is 12.3. The molecule has 2 aromatic carbocycles. The Bertz CT molecular complexity index is 669. The summed E-state index contributed by atoms with van der Waals surface area (Å²) in [4.78, 5) is 12.2. The van der Waals surface area contributed by atoms with E-state index in [-0.39, 0.29) is 5.91 Å². The third-order valence-corrected chi connectivity index (χ3v) is 3.16. The number of amides is 1. The number of ether oxygens (including phenoxy) is 2. The Morgan fingerprint density at radius 2 is 1.86 bits per heavy atom. The van der Waals surface area contributed by atoms with E-state index in [4.69, 9.17) is 15.2 Å². The molecule has 0 aliphatic carbocycles. The fourth-order valence-corrected chi connectivity index (χ4v) is 2.03. The van der Waals surface area contributed by atoms with Gasteiger partial charge in [-0.05, 0) is 42.8 Å². The molecule has 1 amide bonds. The molecular weight excluding hydrogens is 268 g/mol. The van der Waals surface area contributed by atoms with Gasteiger partial charge >= 0.3 is 0 Å². The molecule has 0 spiro atoms. The molecule has 3 N–H and O–H groups in total. The van der Waals surface area contributed by atoms with Gasteiger partial charge in [0.05, 0.1) is 19.8 Å². The number of nitrogens with one attached hydrogen (secondary N) is 1. The van der Waals surface area contributed by atoms with E-state index in [0.717, 1.165) is 11.3 Å². The van der Waals surface area contributed by atoms with Crippen molar-refractivity contribution in [1.82, 2.24) is 0 Å². The van der Waals surface area contributed by atoms with Crippen LogP contribution >= 0.6 is 0 Å². The van der Waals surface area contributed by atoms with Gasteiger partial charge in [0.2, 0.25) is 0 Å². The van der Waals surface area contributed by atoms with Crippen molar-refractivity contribution in [2.45, 2.75) is 6.92 Å². The van der Waals surface area contributed by atoms with Crippen LogP contribution in [0.25, 0.3) is 0 Å². The highest BCUT2D eigenvalue weighted by Gasteiger charge is 2.11. The van der Waals surface area contributed by atoms with Gasteiger partial charge < -0.3 is 20.5 Å². The molecule has 0 bridgehead atoms. The molecule has 0 aliphatic rings. The van der Waals surface area contributed by atoms with Gasteiger partial charge in [-0.1, -0.05) is 0 Å². The summed E-state index contributed by atoms with van der Waals surface area (Å²) >= 11 is 0. The van der Waals surface area contributed by atoms with Gasteiger partial charge in [-0.2, -0.15) is 0 Å². The summed E-state index contributed by atoms with van der Waals surface area (Å²) in [7, 11) is 3.16. The number of carbonyl (C=O) groups is 1. The van der Waals surface area contributed by atoms with Gasteiger partial charge in [0, 0.05) is 17.4 Å². The van der Waals surface area contributed by atoms with Gasteiger partial charge in [0.1, 0.15) is 11.5 Å². The molecule has 0 unspecified atom stereocenters. The number of rotatable bonds is 4. The smallest absolute Gasteiger partial charge is 0.257 e. The third-order valence-electron chi connectivity index (χ3n) is 3.16. The van der Waals surface area contributed by atoms with Crippen molar-refractivity contribution >= 4 is 17.3 Å². The maximum absolute atomic E-state index is 12.2. The van der Waals surface area contributed by atoms with E-state index >= 15 is 0 Å². The number of anilines is 2. The number of hydrogen-bond donors (Lipinski definition) is 2. The van der Waals surface area contributed by atoms with Crippen LogP contribution in [0.4, 0.5) is 11.4 Å². The van der Waals surface area contributed by atoms with Gasteiger partial charge in [-0.3, -0.25) is 4.79 Å². The summed E-state index contributed by atoms with van der Waals surface area (Å²) in [5.74, 6) is 1.13. The van der Waals surface area contributed by atoms with E-state index in [9.17, 15) is 4.79 Å². The fourth-order valence-electron chi connectivity index (χ4n) is 2.03. The van der Waals surface area contributed by atoms with Crippen LogP contribution in [0, 0.1) is 6.92 Å². The van der Waals surface area contributed by atoms with Crippen LogP contribution in [0.1, 0.15) is 15.9 Å². The lowest BCUT2D eigenvalue weighted by molar-refractivity contribution is 0.102. The first-order valence-corrected chi connectivity index (χ1v) is 6.44. The van der Waals surface area contributed by atoms with Crippen LogP contribution in [0.2, 0.25) is 0 Å². The second-order valence-corrected chi connectivity index (χ2v) is 4.59. The summed E-state index contributed by atoms with van der Waals surface area (Å²) in [6.45, 7) is 1.91. The topological polar surface area (TPSA) is 73.6 Å². The van der Waals surface area contributed by atoms with Crippen molar-refractivity contribution in [2.24, 2.45) is 0 Å². The minimum atomic E-state index is -0.264. The van der Waals surface area contributed by atoms with Gasteiger partial charge in [-0.25, -0.2) is 0 Å². The Kier molecular flexibility index (Phi) is 4.33. The lowest BCUT2D eigenvalue weighted by Crippen LogP contribution is -2.14. The van der Waals surface area contributed by atoms with E-state index in [0.29, 0.717) is 22.7 Å². The molecule has 0 radical (unpaired) electrons. The second kappa shape index (κ2) is 6.17. The number of methoxy groups -OCH3 is 2. The SMILES string of the molecule is COc1ccc(C(=O)Nc2ccc(OC)c(C)c2)c(N)c1. The zero-order valence-corrected chi connectivity index (χ0v) is 12.3. The highest BCUT2D eigenvalue weighted by atomic mass is 16.5. The molecule has 0 saturated carbocycles. The molecule has 5 heteroatoms. The first-order valence-electron chi connectivity index (χ1n) is 6.44. The average Bonchev–Trinajstić information content (AvgIpc) is 2.47. The molecule has 21 heavy (non-hydrogen) atoms. The number of hydrogen-bond acceptors (Lipinski definition) is 4. The minimum absolute atomic E-state index is 0.264. The highest BCUT2D eigenvalue weighted by Crippen LogP contribution is 2.24. The summed E-state index contributed by atoms with van der Waals surface area (Å²) < 4.78 is 10.3. The van der Waals surface area contributed by atoms with Crippen molar-refractivity contribution in [1.29, 1.82) is 0 Å². The summed E-state index contributed by atoms with van der Waals surface area (Å²) in [6, 6.07) is 10.4. The summed E-state index contributed by atoms with van der Waals surface area (Å²) in [5.41, 5.74) is 8.28. The van der Waals surface area contributed by atoms with Crippen molar-refractivity contribution in [3.05, 3.63) is 47.5 Å². The maximum atomic E-state index is 12.2. The van der Waals surface area contributed by atoms with Crippen molar-refractivity contribution in [3.8, 4) is 11.5 Å². The summed E-state index contributed by atoms with van der Waals surface area (Å²) in [5, 5.41) is 2.81. The van der Waals surface area contributed by atoms with Crippen LogP contribution in [-0.2, 0) is 0 Å². The molecule has 0 saturated heterocycles. The van der Waals surface area contributed by atoms with E-state index in [1.165, 1.54) is 0 Å². The largest absolute Gasteiger partial charge is 0.497 e. The number of nitrogen functional groups attached to an aromatic ring is 1. The molecule has 0 aliphatic heterocycles. The van der Waals surface area contributed by atoms with E-state index < -0.39 is 0 Å². The van der Waals surface area contributed by atoms with Crippen LogP contribution in [0.15, 0.2) is 36.4 Å². The fraction of sp³-hybridized carbons (Fsp3) is 0.188. The quantitative estimate of drug-likeness (QED) is 0.848.